The van der Waals surface area contributed by atoms with E-state index < -0.39 is 18.7 Å². The Balaban J connectivity index is 1.94. The van der Waals surface area contributed by atoms with Gasteiger partial charge in [-0.1, -0.05) is 11.6 Å². The lowest BCUT2D eigenvalue weighted by molar-refractivity contribution is -0.153. The van der Waals surface area contributed by atoms with Crippen LogP contribution < -0.4 is 14.8 Å². The summed E-state index contributed by atoms with van der Waals surface area (Å²) >= 11 is 5.92. The molecule has 1 N–H and O–H groups in total. The summed E-state index contributed by atoms with van der Waals surface area (Å²) < 4.78 is 53.0. The Morgan fingerprint density at radius 2 is 1.96 bits per heavy atom. The first kappa shape index (κ1) is 19.9. The highest BCUT2D eigenvalue weighted by molar-refractivity contribution is 6.31. The van der Waals surface area contributed by atoms with Crippen molar-refractivity contribution in [3.63, 3.8) is 0 Å². The fourth-order valence-corrected chi connectivity index (χ4v) is 2.85. The number of alkyl halides is 3. The molecule has 0 fully saturated rings. The van der Waals surface area contributed by atoms with Crippen molar-refractivity contribution in [3.8, 4) is 11.5 Å². The van der Waals surface area contributed by atoms with Crippen LogP contribution in [-0.4, -0.2) is 25.8 Å². The van der Waals surface area contributed by atoms with Gasteiger partial charge in [-0.15, -0.1) is 0 Å². The maximum absolute atomic E-state index is 12.8. The highest BCUT2D eigenvalue weighted by Gasteiger charge is 2.29. The molecule has 148 valence electrons. The van der Waals surface area contributed by atoms with Gasteiger partial charge in [0.2, 0.25) is 0 Å². The lowest BCUT2D eigenvalue weighted by Gasteiger charge is -2.14. The molecule has 1 aromatic heterocycles. The molecule has 0 atom stereocenters. The molecule has 0 saturated heterocycles. The summed E-state index contributed by atoms with van der Waals surface area (Å²) in [5.41, 5.74) is 0.720. The highest BCUT2D eigenvalue weighted by Crippen LogP contribution is 2.33. The number of anilines is 1. The number of amides is 1. The number of fused-ring (bicyclic) bond motifs is 1. The molecule has 0 aliphatic carbocycles. The second kappa shape index (κ2) is 7.63. The third kappa shape index (κ3) is 4.33. The number of furan rings is 1. The van der Waals surface area contributed by atoms with Crippen molar-refractivity contribution < 1.29 is 31.9 Å². The third-order valence-corrected chi connectivity index (χ3v) is 4.11. The van der Waals surface area contributed by atoms with Crippen LogP contribution in [0, 0.1) is 6.92 Å². The van der Waals surface area contributed by atoms with Crippen molar-refractivity contribution in [2.75, 3.05) is 19.0 Å². The average Bonchev–Trinajstić information content (AvgIpc) is 2.95. The van der Waals surface area contributed by atoms with Crippen LogP contribution >= 0.6 is 11.6 Å². The first-order valence-electron chi connectivity index (χ1n) is 8.05. The molecule has 0 spiro atoms. The first-order chi connectivity index (χ1) is 13.2. The van der Waals surface area contributed by atoms with E-state index in [4.69, 9.17) is 25.5 Å². The van der Waals surface area contributed by atoms with Gasteiger partial charge in [0.05, 0.1) is 18.4 Å². The molecule has 0 aliphatic rings. The standard InChI is InChI=1S/C19H15ClF3NO4/c1-10-17(13-8-12(26-2)4-6-15(13)28-10)18(25)24-14-7-11(20)3-5-16(14)27-9-19(21,22)23/h3-8H,9H2,1-2H3,(H,24,25). The molecule has 0 saturated carbocycles. The summed E-state index contributed by atoms with van der Waals surface area (Å²) in [7, 11) is 1.49. The van der Waals surface area contributed by atoms with E-state index in [0.717, 1.165) is 0 Å². The first-order valence-corrected chi connectivity index (χ1v) is 8.43. The highest BCUT2D eigenvalue weighted by atomic mass is 35.5. The van der Waals surface area contributed by atoms with Gasteiger partial charge in [-0.25, -0.2) is 0 Å². The predicted molar refractivity (Wildman–Crippen MR) is 98.5 cm³/mol. The molecule has 0 radical (unpaired) electrons. The van der Waals surface area contributed by atoms with Crippen molar-refractivity contribution in [3.05, 3.63) is 52.7 Å². The van der Waals surface area contributed by atoms with Gasteiger partial charge in [0.1, 0.15) is 22.8 Å². The molecule has 9 heteroatoms. The van der Waals surface area contributed by atoms with E-state index in [1.165, 1.54) is 25.3 Å². The predicted octanol–water partition coefficient (Wildman–Crippen LogP) is 5.60. The van der Waals surface area contributed by atoms with Gasteiger partial charge in [-0.05, 0) is 43.3 Å². The van der Waals surface area contributed by atoms with E-state index in [-0.39, 0.29) is 22.0 Å². The Morgan fingerprint density at radius 1 is 1.21 bits per heavy atom. The van der Waals surface area contributed by atoms with Crippen molar-refractivity contribution in [2.45, 2.75) is 13.1 Å². The molecular weight excluding hydrogens is 399 g/mol. The largest absolute Gasteiger partial charge is 0.497 e. The lowest BCUT2D eigenvalue weighted by Crippen LogP contribution is -2.20. The molecule has 28 heavy (non-hydrogen) atoms. The summed E-state index contributed by atoms with van der Waals surface area (Å²) in [5, 5.41) is 3.28. The van der Waals surface area contributed by atoms with Crippen LogP contribution in [0.1, 0.15) is 16.1 Å². The molecule has 0 bridgehead atoms. The smallest absolute Gasteiger partial charge is 0.422 e. The van der Waals surface area contributed by atoms with Crippen LogP contribution in [-0.2, 0) is 0 Å². The molecule has 0 aliphatic heterocycles. The summed E-state index contributed by atoms with van der Waals surface area (Å²) in [6, 6.07) is 8.92. The van der Waals surface area contributed by atoms with Gasteiger partial charge in [-0.3, -0.25) is 4.79 Å². The quantitative estimate of drug-likeness (QED) is 0.591. The zero-order valence-electron chi connectivity index (χ0n) is 14.8. The summed E-state index contributed by atoms with van der Waals surface area (Å²) in [5.74, 6) is 0.140. The Kier molecular flexibility index (Phi) is 5.42. The van der Waals surface area contributed by atoms with Gasteiger partial charge in [-0.2, -0.15) is 13.2 Å². The van der Waals surface area contributed by atoms with E-state index in [1.807, 2.05) is 0 Å². The number of ether oxygens (including phenoxy) is 2. The Labute approximate surface area is 163 Å². The number of hydrogen-bond donors (Lipinski definition) is 1. The van der Waals surface area contributed by atoms with Gasteiger partial charge < -0.3 is 19.2 Å². The summed E-state index contributed by atoms with van der Waals surface area (Å²) in [6.07, 6.45) is -4.52. The van der Waals surface area contributed by atoms with Crippen molar-refractivity contribution >= 4 is 34.2 Å². The van der Waals surface area contributed by atoms with E-state index >= 15 is 0 Å². The van der Waals surface area contributed by atoms with E-state index in [2.05, 4.69) is 5.32 Å². The van der Waals surface area contributed by atoms with Gasteiger partial charge >= 0.3 is 6.18 Å². The van der Waals surface area contributed by atoms with E-state index in [0.29, 0.717) is 22.5 Å². The Hall–Kier alpha value is -2.87. The Bertz CT molecular complexity index is 1030. The van der Waals surface area contributed by atoms with Crippen molar-refractivity contribution in [1.29, 1.82) is 0 Å². The molecule has 1 amide bonds. The van der Waals surface area contributed by atoms with Gasteiger partial charge in [0, 0.05) is 10.4 Å². The zero-order chi connectivity index (χ0) is 20.5. The normalized spacial score (nSPS) is 11.5. The number of hydrogen-bond acceptors (Lipinski definition) is 4. The topological polar surface area (TPSA) is 60.7 Å². The molecule has 3 aromatic rings. The van der Waals surface area contributed by atoms with Crippen LogP contribution in [0.5, 0.6) is 11.5 Å². The second-order valence-corrected chi connectivity index (χ2v) is 6.33. The SMILES string of the molecule is COc1ccc2oc(C)c(C(=O)Nc3cc(Cl)ccc3OCC(F)(F)F)c2c1. The van der Waals surface area contributed by atoms with Crippen molar-refractivity contribution in [2.24, 2.45) is 0 Å². The lowest BCUT2D eigenvalue weighted by atomic mass is 10.1. The molecular formula is C19H15ClF3NO4. The number of halogens is 4. The number of benzene rings is 2. The molecule has 1 heterocycles. The maximum atomic E-state index is 12.8. The van der Waals surface area contributed by atoms with Crippen molar-refractivity contribution in [1.82, 2.24) is 0 Å². The molecule has 0 unspecified atom stereocenters. The zero-order valence-corrected chi connectivity index (χ0v) is 15.6. The minimum absolute atomic E-state index is 0.0124. The number of methoxy groups -OCH3 is 1. The molecule has 5 nitrogen and oxygen atoms in total. The van der Waals surface area contributed by atoms with Crippen LogP contribution in [0.25, 0.3) is 11.0 Å². The van der Waals surface area contributed by atoms with Crippen LogP contribution in [0.15, 0.2) is 40.8 Å². The van der Waals surface area contributed by atoms with E-state index in [9.17, 15) is 18.0 Å². The number of nitrogens with one attached hydrogen (secondary N) is 1. The number of carbonyl (C=O) groups is 1. The fourth-order valence-electron chi connectivity index (χ4n) is 2.68. The maximum Gasteiger partial charge on any atom is 0.422 e. The number of rotatable bonds is 5. The monoisotopic (exact) mass is 413 g/mol. The van der Waals surface area contributed by atoms with Gasteiger partial charge in [0.25, 0.3) is 5.91 Å². The summed E-state index contributed by atoms with van der Waals surface area (Å²) in [4.78, 5) is 12.8. The Morgan fingerprint density at radius 3 is 2.64 bits per heavy atom. The second-order valence-electron chi connectivity index (χ2n) is 5.89. The van der Waals surface area contributed by atoms with Crippen LogP contribution in [0.3, 0.4) is 0 Å². The fraction of sp³-hybridized carbons (Fsp3) is 0.211. The minimum Gasteiger partial charge on any atom is -0.497 e. The molecule has 2 aromatic carbocycles. The van der Waals surface area contributed by atoms with Crippen LogP contribution in [0.2, 0.25) is 5.02 Å². The minimum atomic E-state index is -4.52. The number of aryl methyl sites for hydroxylation is 1. The summed E-state index contributed by atoms with van der Waals surface area (Å²) in [6.45, 7) is 0.114. The van der Waals surface area contributed by atoms with Gasteiger partial charge in [0.15, 0.2) is 6.61 Å². The number of carbonyl (C=O) groups excluding carboxylic acids is 1. The van der Waals surface area contributed by atoms with E-state index in [1.54, 1.807) is 25.1 Å². The van der Waals surface area contributed by atoms with Crippen LogP contribution in [0.4, 0.5) is 18.9 Å². The molecule has 3 rings (SSSR count). The average molecular weight is 414 g/mol. The third-order valence-electron chi connectivity index (χ3n) is 3.88.